The lowest BCUT2D eigenvalue weighted by Gasteiger charge is -1.93. The van der Waals surface area contributed by atoms with Crippen LogP contribution in [0.4, 0.5) is 0 Å². The summed E-state index contributed by atoms with van der Waals surface area (Å²) < 4.78 is 0. The molecule has 1 aromatic carbocycles. The lowest BCUT2D eigenvalue weighted by Crippen LogP contribution is -2.22. The fourth-order valence-electron chi connectivity index (χ4n) is 1.39. The van der Waals surface area contributed by atoms with Crippen molar-refractivity contribution in [1.82, 2.24) is 5.32 Å². The third kappa shape index (κ3) is 2.13. The summed E-state index contributed by atoms with van der Waals surface area (Å²) in [7, 11) is 0. The molecule has 1 aromatic rings. The second-order valence-corrected chi connectivity index (χ2v) is 3.31. The van der Waals surface area contributed by atoms with Crippen molar-refractivity contribution in [3.63, 3.8) is 0 Å². The van der Waals surface area contributed by atoms with Crippen LogP contribution in [0.2, 0.25) is 0 Å². The van der Waals surface area contributed by atoms with Crippen molar-refractivity contribution in [1.29, 1.82) is 0 Å². The number of carbonyl (C=O) groups excluding carboxylic acids is 1. The Bertz CT molecular complexity index is 432. The molecular formula is C12H12N2O. The van der Waals surface area contributed by atoms with Crippen LogP contribution in [-0.2, 0) is 4.79 Å². The normalized spacial score (nSPS) is 17.8. The van der Waals surface area contributed by atoms with Gasteiger partial charge in [0.2, 0.25) is 0 Å². The molecule has 0 spiro atoms. The number of nitrogens with zero attached hydrogens (tertiary/aromatic N) is 1. The van der Waals surface area contributed by atoms with Gasteiger partial charge in [0.25, 0.3) is 5.91 Å². The Hall–Kier alpha value is -1.90. The minimum atomic E-state index is -0.115. The lowest BCUT2D eigenvalue weighted by molar-refractivity contribution is -0.115. The van der Waals surface area contributed by atoms with E-state index in [9.17, 15) is 4.79 Å². The van der Waals surface area contributed by atoms with Crippen molar-refractivity contribution in [3.05, 3.63) is 41.6 Å². The zero-order valence-corrected chi connectivity index (χ0v) is 8.53. The topological polar surface area (TPSA) is 41.5 Å². The van der Waals surface area contributed by atoms with Crippen molar-refractivity contribution in [2.75, 3.05) is 0 Å². The maximum atomic E-state index is 11.5. The molecule has 0 saturated carbocycles. The highest BCUT2D eigenvalue weighted by atomic mass is 16.2. The summed E-state index contributed by atoms with van der Waals surface area (Å²) in [6, 6.07) is 9.70. The number of hydrogen-bond acceptors (Lipinski definition) is 2. The standard InChI is InChI=1S/C12H12N2O/c1-2-11-13-10(12(15)14-11)8-9-6-4-3-5-7-9/h3-8H,2H2,1H3,(H,13,14,15)/b10-8+. The van der Waals surface area contributed by atoms with Crippen molar-refractivity contribution in [3.8, 4) is 0 Å². The highest BCUT2D eigenvalue weighted by Crippen LogP contribution is 2.12. The molecule has 0 fully saturated rings. The molecule has 0 saturated heterocycles. The van der Waals surface area contributed by atoms with E-state index in [1.54, 1.807) is 6.08 Å². The van der Waals surface area contributed by atoms with E-state index in [4.69, 9.17) is 0 Å². The Labute approximate surface area is 88.5 Å². The van der Waals surface area contributed by atoms with Crippen molar-refractivity contribution >= 4 is 17.8 Å². The average Bonchev–Trinajstić information content (AvgIpc) is 2.61. The van der Waals surface area contributed by atoms with E-state index >= 15 is 0 Å². The van der Waals surface area contributed by atoms with E-state index in [0.29, 0.717) is 5.70 Å². The van der Waals surface area contributed by atoms with Crippen LogP contribution >= 0.6 is 0 Å². The molecule has 0 aromatic heterocycles. The van der Waals surface area contributed by atoms with E-state index in [0.717, 1.165) is 17.8 Å². The quantitative estimate of drug-likeness (QED) is 0.728. The van der Waals surface area contributed by atoms with E-state index in [2.05, 4.69) is 10.3 Å². The van der Waals surface area contributed by atoms with Crippen molar-refractivity contribution in [2.45, 2.75) is 13.3 Å². The number of aliphatic imine (C=N–C) groups is 1. The van der Waals surface area contributed by atoms with Gasteiger partial charge in [0.1, 0.15) is 11.5 Å². The summed E-state index contributed by atoms with van der Waals surface area (Å²) in [6.45, 7) is 1.96. The van der Waals surface area contributed by atoms with Gasteiger partial charge in [-0.1, -0.05) is 37.3 Å². The number of amides is 1. The first-order valence-corrected chi connectivity index (χ1v) is 4.95. The molecule has 3 nitrogen and oxygen atoms in total. The maximum Gasteiger partial charge on any atom is 0.275 e. The summed E-state index contributed by atoms with van der Waals surface area (Å²) in [5.74, 6) is 0.623. The first kappa shape index (κ1) is 9.65. The van der Waals surface area contributed by atoms with Gasteiger partial charge in [-0.2, -0.15) is 0 Å². The fourth-order valence-corrected chi connectivity index (χ4v) is 1.39. The van der Waals surface area contributed by atoms with E-state index in [1.807, 2.05) is 37.3 Å². The zero-order valence-electron chi connectivity index (χ0n) is 8.53. The Morgan fingerprint density at radius 2 is 2.07 bits per heavy atom. The van der Waals surface area contributed by atoms with Crippen LogP contribution in [0.3, 0.4) is 0 Å². The Morgan fingerprint density at radius 1 is 1.33 bits per heavy atom. The maximum absolute atomic E-state index is 11.5. The Balaban J connectivity index is 2.28. The minimum Gasteiger partial charge on any atom is -0.309 e. The zero-order chi connectivity index (χ0) is 10.7. The van der Waals surface area contributed by atoms with E-state index in [1.165, 1.54) is 0 Å². The third-order valence-electron chi connectivity index (χ3n) is 2.18. The molecule has 0 aliphatic carbocycles. The molecule has 1 N–H and O–H groups in total. The molecule has 15 heavy (non-hydrogen) atoms. The number of amidine groups is 1. The van der Waals surface area contributed by atoms with E-state index < -0.39 is 0 Å². The van der Waals surface area contributed by atoms with Gasteiger partial charge in [-0.3, -0.25) is 4.79 Å². The molecule has 1 amide bonds. The monoisotopic (exact) mass is 200 g/mol. The highest BCUT2D eigenvalue weighted by Gasteiger charge is 2.17. The van der Waals surface area contributed by atoms with Gasteiger partial charge in [0.15, 0.2) is 0 Å². The van der Waals surface area contributed by atoms with Gasteiger partial charge in [0.05, 0.1) is 0 Å². The summed E-state index contributed by atoms with van der Waals surface area (Å²) in [5.41, 5.74) is 1.47. The number of rotatable bonds is 2. The largest absolute Gasteiger partial charge is 0.309 e. The lowest BCUT2D eigenvalue weighted by atomic mass is 10.2. The predicted octanol–water partition coefficient (Wildman–Crippen LogP) is 1.97. The van der Waals surface area contributed by atoms with Gasteiger partial charge in [-0.15, -0.1) is 0 Å². The summed E-state index contributed by atoms with van der Waals surface area (Å²) >= 11 is 0. The predicted molar refractivity (Wildman–Crippen MR) is 60.3 cm³/mol. The molecule has 2 rings (SSSR count). The van der Waals surface area contributed by atoms with Gasteiger partial charge < -0.3 is 5.32 Å². The van der Waals surface area contributed by atoms with Crippen molar-refractivity contribution < 1.29 is 4.79 Å². The minimum absolute atomic E-state index is 0.115. The van der Waals surface area contributed by atoms with Crippen LogP contribution in [0.25, 0.3) is 6.08 Å². The summed E-state index contributed by atoms with van der Waals surface area (Å²) in [5, 5.41) is 2.72. The summed E-state index contributed by atoms with van der Waals surface area (Å²) in [4.78, 5) is 15.7. The molecular weight excluding hydrogens is 188 g/mol. The summed E-state index contributed by atoms with van der Waals surface area (Å²) in [6.07, 6.45) is 2.54. The molecule has 1 aliphatic heterocycles. The first-order chi connectivity index (χ1) is 7.29. The van der Waals surface area contributed by atoms with Gasteiger partial charge in [0, 0.05) is 6.42 Å². The molecule has 0 atom stereocenters. The Kier molecular flexibility index (Phi) is 2.63. The second-order valence-electron chi connectivity index (χ2n) is 3.31. The van der Waals surface area contributed by atoms with Crippen LogP contribution in [0, 0.1) is 0 Å². The van der Waals surface area contributed by atoms with Gasteiger partial charge in [-0.25, -0.2) is 4.99 Å². The van der Waals surface area contributed by atoms with E-state index in [-0.39, 0.29) is 5.91 Å². The van der Waals surface area contributed by atoms with Gasteiger partial charge >= 0.3 is 0 Å². The van der Waals surface area contributed by atoms with Crippen molar-refractivity contribution in [2.24, 2.45) is 4.99 Å². The number of carbonyl (C=O) groups is 1. The number of nitrogens with one attached hydrogen (secondary N) is 1. The molecule has 3 heteroatoms. The van der Waals surface area contributed by atoms with Crippen LogP contribution in [0.15, 0.2) is 41.0 Å². The first-order valence-electron chi connectivity index (χ1n) is 4.95. The molecule has 1 aliphatic rings. The number of benzene rings is 1. The fraction of sp³-hybridized carbons (Fsp3) is 0.167. The van der Waals surface area contributed by atoms with Crippen LogP contribution in [-0.4, -0.2) is 11.7 Å². The number of hydrogen-bond donors (Lipinski definition) is 1. The molecule has 0 radical (unpaired) electrons. The van der Waals surface area contributed by atoms with Crippen LogP contribution < -0.4 is 5.32 Å². The molecule has 76 valence electrons. The van der Waals surface area contributed by atoms with Crippen LogP contribution in [0.5, 0.6) is 0 Å². The smallest absolute Gasteiger partial charge is 0.275 e. The van der Waals surface area contributed by atoms with Gasteiger partial charge in [-0.05, 0) is 11.6 Å². The SMILES string of the molecule is CCC1=N/C(=C/c2ccccc2)C(=O)N1. The molecule has 1 heterocycles. The Morgan fingerprint density at radius 3 is 2.67 bits per heavy atom. The highest BCUT2D eigenvalue weighted by molar-refractivity contribution is 6.14. The van der Waals surface area contributed by atoms with Crippen LogP contribution in [0.1, 0.15) is 18.9 Å². The third-order valence-corrected chi connectivity index (χ3v) is 2.18. The average molecular weight is 200 g/mol. The molecule has 0 unspecified atom stereocenters. The molecule has 0 bridgehead atoms. The second kappa shape index (κ2) is 4.09.